The van der Waals surface area contributed by atoms with Crippen LogP contribution in [0.2, 0.25) is 0 Å². The fourth-order valence-corrected chi connectivity index (χ4v) is 3.84. The molecule has 1 atom stereocenters. The molecular weight excluding hydrogens is 346 g/mol. The molecule has 1 N–H and O–H groups in total. The molecule has 8 heteroatoms. The molecule has 0 aromatic carbocycles. The second kappa shape index (κ2) is 9.01. The first-order chi connectivity index (χ1) is 13.0. The predicted molar refractivity (Wildman–Crippen MR) is 101 cm³/mol. The third kappa shape index (κ3) is 4.99. The SMILES string of the molecule is CC(C)c1noc([C@H](NC2CCN(C(=O)N(C)C)CC2)C2CCOCC2)n1. The lowest BCUT2D eigenvalue weighted by molar-refractivity contribution is 0.0447. The Morgan fingerprint density at radius 3 is 2.41 bits per heavy atom. The largest absolute Gasteiger partial charge is 0.381 e. The van der Waals surface area contributed by atoms with Crippen LogP contribution in [0.15, 0.2) is 4.52 Å². The number of nitrogens with one attached hydrogen (secondary N) is 1. The highest BCUT2D eigenvalue weighted by Gasteiger charge is 2.33. The molecule has 0 bridgehead atoms. The first-order valence-corrected chi connectivity index (χ1v) is 10.1. The summed E-state index contributed by atoms with van der Waals surface area (Å²) in [5.41, 5.74) is 0. The highest BCUT2D eigenvalue weighted by molar-refractivity contribution is 5.73. The summed E-state index contributed by atoms with van der Waals surface area (Å²) in [6.45, 7) is 7.26. The van der Waals surface area contributed by atoms with Crippen molar-refractivity contribution in [3.63, 3.8) is 0 Å². The summed E-state index contributed by atoms with van der Waals surface area (Å²) in [7, 11) is 3.60. The van der Waals surface area contributed by atoms with Crippen molar-refractivity contribution < 1.29 is 14.1 Å². The van der Waals surface area contributed by atoms with Gasteiger partial charge in [0.15, 0.2) is 5.82 Å². The summed E-state index contributed by atoms with van der Waals surface area (Å²) in [4.78, 5) is 20.4. The number of carbonyl (C=O) groups is 1. The minimum atomic E-state index is 0.0509. The van der Waals surface area contributed by atoms with E-state index < -0.39 is 0 Å². The zero-order valence-corrected chi connectivity index (χ0v) is 17.0. The molecule has 0 unspecified atom stereocenters. The van der Waals surface area contributed by atoms with E-state index in [1.54, 1.807) is 19.0 Å². The predicted octanol–water partition coefficient (Wildman–Crippen LogP) is 2.40. The Kier molecular flexibility index (Phi) is 6.70. The number of urea groups is 1. The van der Waals surface area contributed by atoms with E-state index in [-0.39, 0.29) is 18.0 Å². The van der Waals surface area contributed by atoms with Gasteiger partial charge in [0.1, 0.15) is 0 Å². The van der Waals surface area contributed by atoms with Crippen molar-refractivity contribution in [1.82, 2.24) is 25.3 Å². The molecular formula is C19H33N5O3. The fraction of sp³-hybridized carbons (Fsp3) is 0.842. The minimum absolute atomic E-state index is 0.0509. The molecule has 3 heterocycles. The molecule has 2 aliphatic rings. The van der Waals surface area contributed by atoms with Crippen LogP contribution < -0.4 is 5.32 Å². The van der Waals surface area contributed by atoms with E-state index >= 15 is 0 Å². The van der Waals surface area contributed by atoms with E-state index in [2.05, 4.69) is 29.3 Å². The first kappa shape index (κ1) is 20.1. The van der Waals surface area contributed by atoms with Gasteiger partial charge in [-0.1, -0.05) is 19.0 Å². The minimum Gasteiger partial charge on any atom is -0.381 e. The summed E-state index contributed by atoms with van der Waals surface area (Å²) in [5.74, 6) is 2.13. The molecule has 2 amide bonds. The van der Waals surface area contributed by atoms with Gasteiger partial charge in [0.25, 0.3) is 0 Å². The van der Waals surface area contributed by atoms with Gasteiger partial charge in [-0.25, -0.2) is 4.79 Å². The third-order valence-electron chi connectivity index (χ3n) is 5.54. The summed E-state index contributed by atoms with van der Waals surface area (Å²) in [5, 5.41) is 7.94. The monoisotopic (exact) mass is 379 g/mol. The van der Waals surface area contributed by atoms with Gasteiger partial charge in [0.2, 0.25) is 5.89 Å². The highest BCUT2D eigenvalue weighted by Crippen LogP contribution is 2.31. The van der Waals surface area contributed by atoms with Gasteiger partial charge in [-0.3, -0.25) is 0 Å². The molecule has 0 radical (unpaired) electrons. The van der Waals surface area contributed by atoms with E-state index in [1.807, 2.05) is 4.90 Å². The smallest absolute Gasteiger partial charge is 0.319 e. The molecule has 2 aliphatic heterocycles. The second-order valence-corrected chi connectivity index (χ2v) is 8.18. The van der Waals surface area contributed by atoms with Gasteiger partial charge in [-0.05, 0) is 31.6 Å². The summed E-state index contributed by atoms with van der Waals surface area (Å²) >= 11 is 0. The molecule has 27 heavy (non-hydrogen) atoms. The van der Waals surface area contributed by atoms with Crippen molar-refractivity contribution in [3.8, 4) is 0 Å². The molecule has 2 fully saturated rings. The lowest BCUT2D eigenvalue weighted by Gasteiger charge is -2.37. The van der Waals surface area contributed by atoms with Crippen LogP contribution in [0, 0.1) is 5.92 Å². The first-order valence-electron chi connectivity index (χ1n) is 10.1. The van der Waals surface area contributed by atoms with Crippen molar-refractivity contribution in [2.24, 2.45) is 5.92 Å². The number of hydrogen-bond acceptors (Lipinski definition) is 6. The Morgan fingerprint density at radius 2 is 1.85 bits per heavy atom. The van der Waals surface area contributed by atoms with Crippen molar-refractivity contribution in [1.29, 1.82) is 0 Å². The lowest BCUT2D eigenvalue weighted by Crippen LogP contribution is -2.49. The van der Waals surface area contributed by atoms with Crippen LogP contribution in [-0.4, -0.2) is 72.4 Å². The maximum Gasteiger partial charge on any atom is 0.319 e. The number of rotatable bonds is 5. The van der Waals surface area contributed by atoms with Gasteiger partial charge in [-0.15, -0.1) is 0 Å². The molecule has 1 aromatic rings. The van der Waals surface area contributed by atoms with Crippen LogP contribution >= 0.6 is 0 Å². The van der Waals surface area contributed by atoms with Crippen LogP contribution in [0.1, 0.15) is 63.2 Å². The summed E-state index contributed by atoms with van der Waals surface area (Å²) < 4.78 is 11.2. The molecule has 1 aromatic heterocycles. The molecule has 152 valence electrons. The van der Waals surface area contributed by atoms with E-state index in [4.69, 9.17) is 9.26 Å². The molecule has 2 saturated heterocycles. The van der Waals surface area contributed by atoms with Crippen molar-refractivity contribution in [2.75, 3.05) is 40.4 Å². The summed E-state index contributed by atoms with van der Waals surface area (Å²) in [6, 6.07) is 0.487. The van der Waals surface area contributed by atoms with Crippen LogP contribution in [-0.2, 0) is 4.74 Å². The van der Waals surface area contributed by atoms with Gasteiger partial charge >= 0.3 is 6.03 Å². The Bertz CT molecular complexity index is 604. The Hall–Kier alpha value is -1.67. The van der Waals surface area contributed by atoms with Crippen LogP contribution in [0.4, 0.5) is 4.79 Å². The standard InChI is InChI=1S/C19H33N5O3/c1-13(2)17-21-18(27-22-17)16(14-7-11-26-12-8-14)20-15-5-9-24(10-6-15)19(25)23(3)4/h13-16,20H,5-12H2,1-4H3/t16-/m1/s1. The zero-order valence-electron chi connectivity index (χ0n) is 17.0. The van der Waals surface area contributed by atoms with E-state index in [1.165, 1.54) is 0 Å². The van der Waals surface area contributed by atoms with Crippen LogP contribution in [0.5, 0.6) is 0 Å². The normalized spacial score (nSPS) is 20.9. The van der Waals surface area contributed by atoms with Gasteiger partial charge in [0, 0.05) is 52.4 Å². The number of aromatic nitrogens is 2. The lowest BCUT2D eigenvalue weighted by atomic mass is 9.90. The average molecular weight is 380 g/mol. The second-order valence-electron chi connectivity index (χ2n) is 8.18. The number of likely N-dealkylation sites (tertiary alicyclic amines) is 1. The third-order valence-corrected chi connectivity index (χ3v) is 5.54. The van der Waals surface area contributed by atoms with Crippen LogP contribution in [0.25, 0.3) is 0 Å². The fourth-order valence-electron chi connectivity index (χ4n) is 3.84. The topological polar surface area (TPSA) is 83.7 Å². The van der Waals surface area contributed by atoms with E-state index in [9.17, 15) is 4.79 Å². The van der Waals surface area contributed by atoms with Gasteiger partial charge < -0.3 is 24.4 Å². The summed E-state index contributed by atoms with van der Waals surface area (Å²) in [6.07, 6.45) is 3.86. The van der Waals surface area contributed by atoms with E-state index in [0.29, 0.717) is 17.9 Å². The number of nitrogens with zero attached hydrogens (tertiary/aromatic N) is 4. The maximum atomic E-state index is 12.1. The number of amides is 2. The Labute approximate surface area is 161 Å². The maximum absolute atomic E-state index is 12.1. The van der Waals surface area contributed by atoms with E-state index in [0.717, 1.165) is 57.8 Å². The Balaban J connectivity index is 1.66. The molecule has 0 aliphatic carbocycles. The van der Waals surface area contributed by atoms with Crippen molar-refractivity contribution in [2.45, 2.75) is 57.5 Å². The van der Waals surface area contributed by atoms with Crippen molar-refractivity contribution in [3.05, 3.63) is 11.7 Å². The number of hydrogen-bond donors (Lipinski definition) is 1. The molecule has 8 nitrogen and oxygen atoms in total. The molecule has 3 rings (SSSR count). The van der Waals surface area contributed by atoms with Crippen LogP contribution in [0.3, 0.4) is 0 Å². The quantitative estimate of drug-likeness (QED) is 0.846. The molecule has 0 spiro atoms. The van der Waals surface area contributed by atoms with Crippen molar-refractivity contribution >= 4 is 6.03 Å². The number of carbonyl (C=O) groups excluding carboxylic acids is 1. The van der Waals surface area contributed by atoms with Gasteiger partial charge in [0.05, 0.1) is 6.04 Å². The van der Waals surface area contributed by atoms with Gasteiger partial charge in [-0.2, -0.15) is 4.98 Å². The Morgan fingerprint density at radius 1 is 1.19 bits per heavy atom. The average Bonchev–Trinajstić information content (AvgIpc) is 3.17. The molecule has 0 saturated carbocycles. The number of piperidine rings is 1. The highest BCUT2D eigenvalue weighted by atomic mass is 16.5. The number of ether oxygens (including phenoxy) is 1. The zero-order chi connectivity index (χ0) is 19.4.